The van der Waals surface area contributed by atoms with Gasteiger partial charge in [-0.05, 0) is 13.3 Å². The minimum atomic E-state index is -0.941. The monoisotopic (exact) mass is 230 g/mol. The Kier molecular flexibility index (Phi) is 8.58. The molecule has 0 heterocycles. The van der Waals surface area contributed by atoms with Gasteiger partial charge in [0.15, 0.2) is 0 Å². The normalized spacial score (nSPS) is 12.1. The van der Waals surface area contributed by atoms with Crippen molar-refractivity contribution in [3.63, 3.8) is 0 Å². The molecule has 16 heavy (non-hydrogen) atoms. The van der Waals surface area contributed by atoms with Crippen molar-refractivity contribution in [2.75, 3.05) is 0 Å². The molecule has 0 aliphatic carbocycles. The molecule has 94 valence electrons. The predicted molar refractivity (Wildman–Crippen MR) is 61.2 cm³/mol. The van der Waals surface area contributed by atoms with E-state index in [0.29, 0.717) is 6.42 Å². The fraction of sp³-hybridized carbons (Fsp3) is 0.833. The van der Waals surface area contributed by atoms with Crippen LogP contribution in [0.15, 0.2) is 0 Å². The van der Waals surface area contributed by atoms with E-state index in [1.165, 1.54) is 12.8 Å². The van der Waals surface area contributed by atoms with Crippen LogP contribution in [0.3, 0.4) is 0 Å². The smallest absolute Gasteiger partial charge is 0.307 e. The number of hydrogen-bond donors (Lipinski definition) is 1. The maximum absolute atomic E-state index is 11.3. The SMILES string of the molecule is CCCCCCCC(=O)O[C@H](C)CC(=O)O. The molecule has 0 unspecified atom stereocenters. The molecule has 0 amide bonds. The number of hydrogen-bond acceptors (Lipinski definition) is 3. The molecular weight excluding hydrogens is 208 g/mol. The van der Waals surface area contributed by atoms with Gasteiger partial charge in [-0.1, -0.05) is 32.6 Å². The number of carbonyl (C=O) groups excluding carboxylic acids is 1. The number of esters is 1. The van der Waals surface area contributed by atoms with Gasteiger partial charge in [0.1, 0.15) is 6.10 Å². The van der Waals surface area contributed by atoms with Gasteiger partial charge < -0.3 is 9.84 Å². The van der Waals surface area contributed by atoms with E-state index in [9.17, 15) is 9.59 Å². The Morgan fingerprint density at radius 2 is 1.81 bits per heavy atom. The van der Waals surface area contributed by atoms with E-state index in [1.807, 2.05) is 0 Å². The Bertz CT molecular complexity index is 213. The number of carboxylic acids is 1. The van der Waals surface area contributed by atoms with Gasteiger partial charge >= 0.3 is 11.9 Å². The maximum atomic E-state index is 11.3. The first-order valence-corrected chi connectivity index (χ1v) is 5.97. The molecule has 0 aliphatic rings. The fourth-order valence-corrected chi connectivity index (χ4v) is 1.44. The number of ether oxygens (including phenoxy) is 1. The van der Waals surface area contributed by atoms with Crippen LogP contribution in [0.5, 0.6) is 0 Å². The summed E-state index contributed by atoms with van der Waals surface area (Å²) in [6.07, 6.45) is 5.14. The quantitative estimate of drug-likeness (QED) is 0.488. The van der Waals surface area contributed by atoms with Crippen LogP contribution < -0.4 is 0 Å². The van der Waals surface area contributed by atoms with Crippen molar-refractivity contribution < 1.29 is 19.4 Å². The average molecular weight is 230 g/mol. The van der Waals surface area contributed by atoms with Crippen LogP contribution in [0.1, 0.15) is 58.8 Å². The first-order chi connectivity index (χ1) is 7.56. The van der Waals surface area contributed by atoms with E-state index < -0.39 is 12.1 Å². The highest BCUT2D eigenvalue weighted by molar-refractivity contribution is 5.71. The molecule has 4 heteroatoms. The Morgan fingerprint density at radius 1 is 1.19 bits per heavy atom. The molecule has 0 rings (SSSR count). The first kappa shape index (κ1) is 14.9. The van der Waals surface area contributed by atoms with E-state index in [2.05, 4.69) is 6.92 Å². The van der Waals surface area contributed by atoms with Crippen LogP contribution in [-0.4, -0.2) is 23.1 Å². The summed E-state index contributed by atoms with van der Waals surface area (Å²) >= 11 is 0. The third-order valence-electron chi connectivity index (χ3n) is 2.28. The molecule has 1 atom stereocenters. The Hall–Kier alpha value is -1.06. The van der Waals surface area contributed by atoms with Crippen molar-refractivity contribution in [3.8, 4) is 0 Å². The topological polar surface area (TPSA) is 63.6 Å². The van der Waals surface area contributed by atoms with E-state index in [1.54, 1.807) is 6.92 Å². The zero-order chi connectivity index (χ0) is 12.4. The largest absolute Gasteiger partial charge is 0.481 e. The average Bonchev–Trinajstić information content (AvgIpc) is 2.15. The predicted octanol–water partition coefficient (Wildman–Crippen LogP) is 2.75. The number of carbonyl (C=O) groups is 2. The summed E-state index contributed by atoms with van der Waals surface area (Å²) in [6, 6.07) is 0. The minimum absolute atomic E-state index is 0.123. The van der Waals surface area contributed by atoms with Crippen molar-refractivity contribution in [1.29, 1.82) is 0 Å². The highest BCUT2D eigenvalue weighted by Gasteiger charge is 2.12. The molecule has 1 N–H and O–H groups in total. The lowest BCUT2D eigenvalue weighted by Gasteiger charge is -2.10. The second kappa shape index (κ2) is 9.19. The van der Waals surface area contributed by atoms with Crippen LogP contribution in [0.2, 0.25) is 0 Å². The standard InChI is InChI=1S/C12H22O4/c1-3-4-5-6-7-8-12(15)16-10(2)9-11(13)14/h10H,3-9H2,1-2H3,(H,13,14)/t10-/m1/s1. The molecule has 0 saturated heterocycles. The minimum Gasteiger partial charge on any atom is -0.481 e. The lowest BCUT2D eigenvalue weighted by molar-refractivity contribution is -0.151. The number of rotatable bonds is 9. The van der Waals surface area contributed by atoms with Crippen molar-refractivity contribution >= 4 is 11.9 Å². The highest BCUT2D eigenvalue weighted by atomic mass is 16.5. The molecule has 0 aromatic heterocycles. The number of unbranched alkanes of at least 4 members (excludes halogenated alkanes) is 4. The first-order valence-electron chi connectivity index (χ1n) is 5.97. The van der Waals surface area contributed by atoms with E-state index in [4.69, 9.17) is 9.84 Å². The van der Waals surface area contributed by atoms with Gasteiger partial charge in [-0.3, -0.25) is 9.59 Å². The van der Waals surface area contributed by atoms with Crippen molar-refractivity contribution in [1.82, 2.24) is 0 Å². The van der Waals surface area contributed by atoms with Crippen molar-refractivity contribution in [2.45, 2.75) is 64.9 Å². The van der Waals surface area contributed by atoms with E-state index >= 15 is 0 Å². The van der Waals surface area contributed by atoms with Gasteiger partial charge in [0.05, 0.1) is 6.42 Å². The fourth-order valence-electron chi connectivity index (χ4n) is 1.44. The van der Waals surface area contributed by atoms with Gasteiger partial charge in [-0.15, -0.1) is 0 Å². The summed E-state index contributed by atoms with van der Waals surface area (Å²) in [5, 5.41) is 8.48. The zero-order valence-electron chi connectivity index (χ0n) is 10.2. The molecule has 0 fully saturated rings. The van der Waals surface area contributed by atoms with E-state index in [-0.39, 0.29) is 12.4 Å². The van der Waals surface area contributed by atoms with Gasteiger partial charge in [0.25, 0.3) is 0 Å². The number of aliphatic carboxylic acids is 1. The third-order valence-corrected chi connectivity index (χ3v) is 2.28. The summed E-state index contributed by atoms with van der Waals surface area (Å²) in [4.78, 5) is 21.6. The molecule has 0 aromatic rings. The lowest BCUT2D eigenvalue weighted by atomic mass is 10.1. The zero-order valence-corrected chi connectivity index (χ0v) is 10.2. The van der Waals surface area contributed by atoms with E-state index in [0.717, 1.165) is 19.3 Å². The summed E-state index contributed by atoms with van der Waals surface area (Å²) in [6.45, 7) is 3.74. The van der Waals surface area contributed by atoms with Gasteiger partial charge in [0.2, 0.25) is 0 Å². The summed E-state index contributed by atoms with van der Waals surface area (Å²) in [5.41, 5.74) is 0. The van der Waals surface area contributed by atoms with Crippen LogP contribution in [0, 0.1) is 0 Å². The second-order valence-corrected chi connectivity index (χ2v) is 4.06. The summed E-state index contributed by atoms with van der Waals surface area (Å²) in [7, 11) is 0. The Morgan fingerprint density at radius 3 is 2.38 bits per heavy atom. The Labute approximate surface area is 97.0 Å². The molecule has 0 spiro atoms. The van der Waals surface area contributed by atoms with Gasteiger partial charge in [0, 0.05) is 6.42 Å². The lowest BCUT2D eigenvalue weighted by Crippen LogP contribution is -2.18. The van der Waals surface area contributed by atoms with Crippen LogP contribution >= 0.6 is 0 Å². The van der Waals surface area contributed by atoms with Crippen LogP contribution in [-0.2, 0) is 14.3 Å². The second-order valence-electron chi connectivity index (χ2n) is 4.06. The molecule has 0 radical (unpaired) electrons. The van der Waals surface area contributed by atoms with Crippen molar-refractivity contribution in [2.24, 2.45) is 0 Å². The van der Waals surface area contributed by atoms with Gasteiger partial charge in [-0.25, -0.2) is 0 Å². The van der Waals surface area contributed by atoms with Crippen LogP contribution in [0.25, 0.3) is 0 Å². The molecule has 0 aliphatic heterocycles. The maximum Gasteiger partial charge on any atom is 0.307 e. The molecule has 4 nitrogen and oxygen atoms in total. The highest BCUT2D eigenvalue weighted by Crippen LogP contribution is 2.07. The molecule has 0 aromatic carbocycles. The van der Waals surface area contributed by atoms with Gasteiger partial charge in [-0.2, -0.15) is 0 Å². The molecule has 0 bridgehead atoms. The summed E-state index contributed by atoms with van der Waals surface area (Å²) < 4.78 is 4.95. The summed E-state index contributed by atoms with van der Waals surface area (Å²) in [5.74, 6) is -1.23. The van der Waals surface area contributed by atoms with Crippen molar-refractivity contribution in [3.05, 3.63) is 0 Å². The third kappa shape index (κ3) is 9.49. The Balaban J connectivity index is 3.47. The number of carboxylic acid groups (broad SMARTS) is 1. The molecular formula is C12H22O4. The van der Waals surface area contributed by atoms with Crippen LogP contribution in [0.4, 0.5) is 0 Å². The molecule has 0 saturated carbocycles.